The molecule has 0 spiro atoms. The second-order valence-electron chi connectivity index (χ2n) is 5.77. The average molecular weight is 357 g/mol. The summed E-state index contributed by atoms with van der Waals surface area (Å²) in [5, 5.41) is 2.50. The smallest absolute Gasteiger partial charge is 0.248 e. The molecule has 0 aliphatic rings. The first-order valence-corrected chi connectivity index (χ1v) is 8.68. The molecule has 0 bridgehead atoms. The van der Waals surface area contributed by atoms with Gasteiger partial charge in [-0.3, -0.25) is 4.79 Å². The van der Waals surface area contributed by atoms with E-state index < -0.39 is 11.7 Å². The maximum Gasteiger partial charge on any atom is 0.248 e. The van der Waals surface area contributed by atoms with Gasteiger partial charge in [0.2, 0.25) is 5.91 Å². The van der Waals surface area contributed by atoms with Gasteiger partial charge in [-0.2, -0.15) is 0 Å². The first-order chi connectivity index (χ1) is 12.6. The van der Waals surface area contributed by atoms with Gasteiger partial charge in [-0.15, -0.1) is 0 Å². The number of nitrogens with one attached hydrogen (secondary N) is 1. The van der Waals surface area contributed by atoms with Gasteiger partial charge < -0.3 is 14.8 Å². The highest BCUT2D eigenvalue weighted by Crippen LogP contribution is 2.28. The third kappa shape index (κ3) is 5.92. The molecule has 0 saturated heterocycles. The van der Waals surface area contributed by atoms with E-state index in [0.717, 1.165) is 24.8 Å². The van der Waals surface area contributed by atoms with Gasteiger partial charge in [-0.25, -0.2) is 4.39 Å². The molecule has 0 fully saturated rings. The van der Waals surface area contributed by atoms with Crippen molar-refractivity contribution in [2.75, 3.05) is 19.0 Å². The first-order valence-electron chi connectivity index (χ1n) is 8.68. The van der Waals surface area contributed by atoms with Crippen molar-refractivity contribution >= 4 is 17.7 Å². The SMILES string of the molecule is CCCCCOc1ccc(/C=C/C(=O)Nc2ccccc2F)cc1OC. The molecule has 0 saturated carbocycles. The van der Waals surface area contributed by atoms with Gasteiger partial charge in [0.25, 0.3) is 0 Å². The van der Waals surface area contributed by atoms with Crippen molar-refractivity contribution in [1.82, 2.24) is 0 Å². The molecule has 1 amide bonds. The first kappa shape index (κ1) is 19.5. The predicted octanol–water partition coefficient (Wildman–Crippen LogP) is 5.06. The summed E-state index contributed by atoms with van der Waals surface area (Å²) in [5.74, 6) is 0.407. The number of carbonyl (C=O) groups excluding carboxylic acids is 1. The zero-order valence-corrected chi connectivity index (χ0v) is 15.1. The lowest BCUT2D eigenvalue weighted by atomic mass is 10.2. The van der Waals surface area contributed by atoms with E-state index in [0.29, 0.717) is 18.1 Å². The van der Waals surface area contributed by atoms with E-state index in [9.17, 15) is 9.18 Å². The summed E-state index contributed by atoms with van der Waals surface area (Å²) in [5.41, 5.74) is 0.932. The third-order valence-corrected chi connectivity index (χ3v) is 3.75. The van der Waals surface area contributed by atoms with E-state index in [-0.39, 0.29) is 5.69 Å². The Morgan fingerprint density at radius 1 is 1.15 bits per heavy atom. The normalized spacial score (nSPS) is 10.7. The van der Waals surface area contributed by atoms with Gasteiger partial charge >= 0.3 is 0 Å². The van der Waals surface area contributed by atoms with Gasteiger partial charge in [-0.05, 0) is 42.3 Å². The molecule has 0 aliphatic heterocycles. The topological polar surface area (TPSA) is 47.6 Å². The van der Waals surface area contributed by atoms with Crippen LogP contribution in [0.15, 0.2) is 48.5 Å². The van der Waals surface area contributed by atoms with Gasteiger partial charge in [0, 0.05) is 6.08 Å². The van der Waals surface area contributed by atoms with Crippen LogP contribution in [0.3, 0.4) is 0 Å². The Bertz CT molecular complexity index is 759. The number of amides is 1. The molecule has 1 N–H and O–H groups in total. The van der Waals surface area contributed by atoms with Crippen molar-refractivity contribution in [3.63, 3.8) is 0 Å². The summed E-state index contributed by atoms with van der Waals surface area (Å²) >= 11 is 0. The number of hydrogen-bond acceptors (Lipinski definition) is 3. The van der Waals surface area contributed by atoms with E-state index >= 15 is 0 Å². The van der Waals surface area contributed by atoms with Crippen molar-refractivity contribution in [2.24, 2.45) is 0 Å². The summed E-state index contributed by atoms with van der Waals surface area (Å²) in [6, 6.07) is 11.5. The third-order valence-electron chi connectivity index (χ3n) is 3.75. The average Bonchev–Trinajstić information content (AvgIpc) is 2.66. The molecular weight excluding hydrogens is 333 g/mol. The van der Waals surface area contributed by atoms with Gasteiger partial charge in [-0.1, -0.05) is 38.0 Å². The predicted molar refractivity (Wildman–Crippen MR) is 102 cm³/mol. The quantitative estimate of drug-likeness (QED) is 0.504. The molecule has 0 atom stereocenters. The van der Waals surface area contributed by atoms with Gasteiger partial charge in [0.1, 0.15) is 5.82 Å². The molecule has 2 rings (SSSR count). The molecule has 0 aliphatic carbocycles. The Labute approximate surface area is 153 Å². The van der Waals surface area contributed by atoms with Crippen molar-refractivity contribution in [3.8, 4) is 11.5 Å². The fraction of sp³-hybridized carbons (Fsp3) is 0.286. The monoisotopic (exact) mass is 357 g/mol. The maximum absolute atomic E-state index is 13.5. The molecule has 0 aromatic heterocycles. The Kier molecular flexibility index (Phi) is 7.68. The maximum atomic E-state index is 13.5. The number of unbranched alkanes of at least 4 members (excludes halogenated alkanes) is 2. The highest BCUT2D eigenvalue weighted by molar-refractivity contribution is 6.02. The summed E-state index contributed by atoms with van der Waals surface area (Å²) < 4.78 is 24.6. The number of hydrogen-bond donors (Lipinski definition) is 1. The largest absolute Gasteiger partial charge is 0.493 e. The van der Waals surface area contributed by atoms with Crippen LogP contribution in [0, 0.1) is 5.82 Å². The number of carbonyl (C=O) groups is 1. The van der Waals surface area contributed by atoms with Crippen LogP contribution in [0.4, 0.5) is 10.1 Å². The lowest BCUT2D eigenvalue weighted by Gasteiger charge is -2.11. The number of benzene rings is 2. The number of ether oxygens (including phenoxy) is 2. The molecule has 0 unspecified atom stereocenters. The standard InChI is InChI=1S/C21H24FNO3/c1-3-4-7-14-26-19-12-10-16(15-20(19)25-2)11-13-21(24)23-18-9-6-5-8-17(18)22/h5-6,8-13,15H,3-4,7,14H2,1-2H3,(H,23,24)/b13-11+. The lowest BCUT2D eigenvalue weighted by molar-refractivity contribution is -0.111. The lowest BCUT2D eigenvalue weighted by Crippen LogP contribution is -2.09. The number of anilines is 1. The van der Waals surface area contributed by atoms with Crippen LogP contribution in [0.1, 0.15) is 31.7 Å². The van der Waals surface area contributed by atoms with Crippen molar-refractivity contribution < 1.29 is 18.7 Å². The minimum absolute atomic E-state index is 0.149. The number of rotatable bonds is 9. The van der Waals surface area contributed by atoms with Crippen molar-refractivity contribution in [1.29, 1.82) is 0 Å². The highest BCUT2D eigenvalue weighted by atomic mass is 19.1. The summed E-state index contributed by atoms with van der Waals surface area (Å²) in [4.78, 5) is 11.9. The molecule has 26 heavy (non-hydrogen) atoms. The second kappa shape index (κ2) is 10.2. The molecular formula is C21H24FNO3. The van der Waals surface area contributed by atoms with Crippen LogP contribution in [-0.2, 0) is 4.79 Å². The van der Waals surface area contributed by atoms with E-state index in [4.69, 9.17) is 9.47 Å². The zero-order chi connectivity index (χ0) is 18.8. The van der Waals surface area contributed by atoms with Crippen LogP contribution in [0.2, 0.25) is 0 Å². The van der Waals surface area contributed by atoms with Crippen molar-refractivity contribution in [3.05, 3.63) is 59.9 Å². The minimum atomic E-state index is -0.472. The zero-order valence-electron chi connectivity index (χ0n) is 15.1. The molecule has 0 heterocycles. The van der Waals surface area contributed by atoms with Crippen LogP contribution in [0.5, 0.6) is 11.5 Å². The van der Waals surface area contributed by atoms with Crippen LogP contribution >= 0.6 is 0 Å². The van der Waals surface area contributed by atoms with E-state index in [1.54, 1.807) is 31.4 Å². The van der Waals surface area contributed by atoms with Crippen LogP contribution < -0.4 is 14.8 Å². The second-order valence-corrected chi connectivity index (χ2v) is 5.77. The van der Waals surface area contributed by atoms with E-state index in [1.807, 2.05) is 12.1 Å². The molecule has 138 valence electrons. The fourth-order valence-electron chi connectivity index (χ4n) is 2.35. The van der Waals surface area contributed by atoms with Gasteiger partial charge in [0.15, 0.2) is 11.5 Å². The summed E-state index contributed by atoms with van der Waals surface area (Å²) in [7, 11) is 1.58. The number of para-hydroxylation sites is 1. The Balaban J connectivity index is 1.98. The molecule has 2 aromatic carbocycles. The highest BCUT2D eigenvalue weighted by Gasteiger charge is 2.06. The van der Waals surface area contributed by atoms with Crippen molar-refractivity contribution in [2.45, 2.75) is 26.2 Å². The Morgan fingerprint density at radius 3 is 2.69 bits per heavy atom. The molecule has 4 nitrogen and oxygen atoms in total. The Morgan fingerprint density at radius 2 is 1.96 bits per heavy atom. The van der Waals surface area contributed by atoms with E-state index in [2.05, 4.69) is 12.2 Å². The van der Waals surface area contributed by atoms with E-state index in [1.165, 1.54) is 18.2 Å². The number of halogens is 1. The van der Waals surface area contributed by atoms with Crippen LogP contribution in [0.25, 0.3) is 6.08 Å². The molecule has 5 heteroatoms. The minimum Gasteiger partial charge on any atom is -0.493 e. The van der Waals surface area contributed by atoms with Gasteiger partial charge in [0.05, 0.1) is 19.4 Å². The Hall–Kier alpha value is -2.82. The molecule has 0 radical (unpaired) electrons. The van der Waals surface area contributed by atoms with Crippen LogP contribution in [-0.4, -0.2) is 19.6 Å². The summed E-state index contributed by atoms with van der Waals surface area (Å²) in [6.07, 6.45) is 6.25. The fourth-order valence-corrected chi connectivity index (χ4v) is 2.35. The summed E-state index contributed by atoms with van der Waals surface area (Å²) in [6.45, 7) is 2.79. The molecule has 2 aromatic rings. The number of methoxy groups -OCH3 is 1.